The summed E-state index contributed by atoms with van der Waals surface area (Å²) in [5.41, 5.74) is -2.95. The molecule has 1 spiro atoms. The quantitative estimate of drug-likeness (QED) is 0.246. The highest BCUT2D eigenvalue weighted by atomic mass is 19.4. The molecule has 4 aliphatic carbocycles. The largest absolute Gasteiger partial charge is 0.489 e. The fourth-order valence-electron chi connectivity index (χ4n) is 9.84. The Hall–Kier alpha value is -2.53. The van der Waals surface area contributed by atoms with Crippen LogP contribution >= 0.6 is 0 Å². The van der Waals surface area contributed by atoms with E-state index in [0.29, 0.717) is 51.3 Å². The minimum absolute atomic E-state index is 0.0444. The Kier molecular flexibility index (Phi) is 7.95. The van der Waals surface area contributed by atoms with Crippen molar-refractivity contribution in [2.45, 2.75) is 114 Å². The number of hydrogen-bond donors (Lipinski definition) is 2. The van der Waals surface area contributed by atoms with Gasteiger partial charge in [0.1, 0.15) is 18.0 Å². The summed E-state index contributed by atoms with van der Waals surface area (Å²) in [5, 5.41) is 23.9. The molecule has 7 rings (SSSR count). The lowest BCUT2D eigenvalue weighted by molar-refractivity contribution is -0.362. The molecule has 1 aliphatic heterocycles. The number of rotatable bonds is 5. The normalized spacial score (nSPS) is 35.9. The van der Waals surface area contributed by atoms with Crippen molar-refractivity contribution in [3.8, 4) is 5.75 Å². The third-order valence-corrected chi connectivity index (χ3v) is 12.4. The van der Waals surface area contributed by atoms with Crippen LogP contribution in [-0.4, -0.2) is 52.5 Å². The van der Waals surface area contributed by atoms with Gasteiger partial charge >= 0.3 is 12.1 Å². The molecule has 5 nitrogen and oxygen atoms in total. The summed E-state index contributed by atoms with van der Waals surface area (Å²) in [4.78, 5) is 0. The molecule has 1 saturated heterocycles. The van der Waals surface area contributed by atoms with E-state index in [0.717, 1.165) is 22.3 Å². The van der Waals surface area contributed by atoms with Crippen molar-refractivity contribution in [1.29, 1.82) is 0 Å². The first kappa shape index (κ1) is 33.9. The molecule has 0 radical (unpaired) electrons. The summed E-state index contributed by atoms with van der Waals surface area (Å²) in [5.74, 6) is -7.18. The van der Waals surface area contributed by atoms with Gasteiger partial charge in [0.25, 0.3) is 0 Å². The van der Waals surface area contributed by atoms with Gasteiger partial charge in [-0.25, -0.2) is 0 Å². The van der Waals surface area contributed by atoms with E-state index < -0.39 is 52.8 Å². The van der Waals surface area contributed by atoms with Gasteiger partial charge in [0.2, 0.25) is 0 Å². The number of halogens is 5. The van der Waals surface area contributed by atoms with Gasteiger partial charge in [-0.05, 0) is 79.2 Å². The van der Waals surface area contributed by atoms with E-state index in [4.69, 9.17) is 14.2 Å². The summed E-state index contributed by atoms with van der Waals surface area (Å²) in [6, 6.07) is 16.9. The summed E-state index contributed by atoms with van der Waals surface area (Å²) in [7, 11) is 0. The standard InChI is InChI=1S/C38H45F5O5/c1-32(2)22-47-35(48-23-32)17-14-30-31-27(13-16-34(30,44)21-35)29-15-18-36(45,37(39,40)38(41,42)43)33(29,3)19-28(31)25-9-11-26(12-10-25)46-20-24-7-5-4-6-8-24/h4-12,27-29,44-45H,13-23H2,1-3H3/t27?,28-,29?,33?,34-,36+/m1/s1. The van der Waals surface area contributed by atoms with Crippen LogP contribution in [0.3, 0.4) is 0 Å². The third-order valence-electron chi connectivity index (χ3n) is 12.4. The molecule has 1 heterocycles. The SMILES string of the molecule is CC1(C)COC2(CCC3=C4C(CC[C@@]3(O)C2)C2CC[C@@](O)(C(F)(F)C(F)(F)F)C2(C)C[C@@H]4c2ccc(OCc3ccccc3)cc2)OC1. The summed E-state index contributed by atoms with van der Waals surface area (Å²) in [6.45, 7) is 6.87. The lowest BCUT2D eigenvalue weighted by Crippen LogP contribution is -2.65. The Bertz CT molecular complexity index is 1550. The Labute approximate surface area is 278 Å². The Balaban J connectivity index is 1.27. The zero-order chi connectivity index (χ0) is 34.4. The Morgan fingerprint density at radius 3 is 2.17 bits per heavy atom. The zero-order valence-corrected chi connectivity index (χ0v) is 27.7. The average molecular weight is 677 g/mol. The molecule has 0 aromatic heterocycles. The van der Waals surface area contributed by atoms with E-state index in [2.05, 4.69) is 13.8 Å². The molecule has 3 unspecified atom stereocenters. The number of fused-ring (bicyclic) bond motifs is 4. The predicted octanol–water partition coefficient (Wildman–Crippen LogP) is 8.49. The lowest BCUT2D eigenvalue weighted by Gasteiger charge is -2.59. The fourth-order valence-corrected chi connectivity index (χ4v) is 9.84. The highest BCUT2D eigenvalue weighted by Crippen LogP contribution is 2.71. The molecule has 48 heavy (non-hydrogen) atoms. The van der Waals surface area contributed by atoms with Crippen LogP contribution in [0.2, 0.25) is 0 Å². The molecule has 4 fully saturated rings. The number of alkyl halides is 5. The van der Waals surface area contributed by atoms with Crippen LogP contribution in [0.4, 0.5) is 22.0 Å². The second-order valence-corrected chi connectivity index (χ2v) is 16.0. The number of benzene rings is 2. The summed E-state index contributed by atoms with van der Waals surface area (Å²) < 4.78 is 91.2. The molecular weight excluding hydrogens is 631 g/mol. The second kappa shape index (κ2) is 11.2. The van der Waals surface area contributed by atoms with E-state index in [9.17, 15) is 23.4 Å². The Morgan fingerprint density at radius 2 is 1.52 bits per heavy atom. The number of allylic oxidation sites excluding steroid dienone is 1. The van der Waals surface area contributed by atoms with Gasteiger partial charge < -0.3 is 24.4 Å². The first-order valence-corrected chi connectivity index (χ1v) is 17.1. The highest BCUT2D eigenvalue weighted by Gasteiger charge is 2.79. The van der Waals surface area contributed by atoms with Crippen molar-refractivity contribution in [2.24, 2.45) is 22.7 Å². The van der Waals surface area contributed by atoms with Crippen LogP contribution in [0.25, 0.3) is 0 Å². The fraction of sp³-hybridized carbons (Fsp3) is 0.632. The predicted molar refractivity (Wildman–Crippen MR) is 168 cm³/mol. The van der Waals surface area contributed by atoms with E-state index in [1.165, 1.54) is 6.92 Å². The van der Waals surface area contributed by atoms with Crippen LogP contribution in [0, 0.1) is 22.7 Å². The molecule has 0 amide bonds. The average Bonchev–Trinajstić information content (AvgIpc) is 3.32. The minimum atomic E-state index is -5.90. The monoisotopic (exact) mass is 676 g/mol. The van der Waals surface area contributed by atoms with Gasteiger partial charge in [0, 0.05) is 29.6 Å². The maximum atomic E-state index is 15.4. The highest BCUT2D eigenvalue weighted by molar-refractivity contribution is 5.45. The van der Waals surface area contributed by atoms with Crippen LogP contribution in [-0.2, 0) is 16.1 Å². The van der Waals surface area contributed by atoms with Crippen molar-refractivity contribution >= 4 is 0 Å². The molecule has 2 N–H and O–H groups in total. The molecule has 5 aliphatic rings. The van der Waals surface area contributed by atoms with Crippen molar-refractivity contribution in [3.05, 3.63) is 76.9 Å². The Morgan fingerprint density at radius 1 is 0.854 bits per heavy atom. The van der Waals surface area contributed by atoms with Gasteiger partial charge in [0.05, 0.1) is 18.8 Å². The van der Waals surface area contributed by atoms with E-state index in [-0.39, 0.29) is 30.6 Å². The van der Waals surface area contributed by atoms with Gasteiger partial charge in [0.15, 0.2) is 5.79 Å². The number of hydrogen-bond acceptors (Lipinski definition) is 5. The van der Waals surface area contributed by atoms with Crippen LogP contribution in [0.1, 0.15) is 89.2 Å². The maximum absolute atomic E-state index is 15.4. The van der Waals surface area contributed by atoms with Crippen molar-refractivity contribution < 1.29 is 46.4 Å². The van der Waals surface area contributed by atoms with E-state index >= 15 is 8.78 Å². The molecule has 3 saturated carbocycles. The zero-order valence-electron chi connectivity index (χ0n) is 27.7. The molecular formula is C38H45F5O5. The maximum Gasteiger partial charge on any atom is 0.456 e. The molecule has 262 valence electrons. The number of aliphatic hydroxyl groups is 2. The van der Waals surface area contributed by atoms with Gasteiger partial charge in [-0.3, -0.25) is 0 Å². The van der Waals surface area contributed by atoms with E-state index in [1.54, 1.807) is 12.1 Å². The van der Waals surface area contributed by atoms with Crippen molar-refractivity contribution in [2.75, 3.05) is 13.2 Å². The first-order valence-electron chi connectivity index (χ1n) is 17.1. The third kappa shape index (κ3) is 5.23. The van der Waals surface area contributed by atoms with Crippen LogP contribution in [0.5, 0.6) is 5.75 Å². The second-order valence-electron chi connectivity index (χ2n) is 16.0. The van der Waals surface area contributed by atoms with Crippen LogP contribution in [0.15, 0.2) is 65.7 Å². The van der Waals surface area contributed by atoms with Gasteiger partial charge in [-0.1, -0.05) is 68.8 Å². The van der Waals surface area contributed by atoms with Crippen LogP contribution < -0.4 is 4.74 Å². The topological polar surface area (TPSA) is 68.2 Å². The first-order chi connectivity index (χ1) is 22.4. The number of ether oxygens (including phenoxy) is 3. The smallest absolute Gasteiger partial charge is 0.456 e. The van der Waals surface area contributed by atoms with Gasteiger partial charge in [-0.15, -0.1) is 0 Å². The van der Waals surface area contributed by atoms with Crippen molar-refractivity contribution in [3.63, 3.8) is 0 Å². The minimum Gasteiger partial charge on any atom is -0.489 e. The molecule has 10 heteroatoms. The molecule has 2 aromatic rings. The molecule has 0 bridgehead atoms. The lowest BCUT2D eigenvalue weighted by atomic mass is 9.49. The van der Waals surface area contributed by atoms with Crippen molar-refractivity contribution in [1.82, 2.24) is 0 Å². The molecule has 2 aromatic carbocycles. The summed E-state index contributed by atoms with van der Waals surface area (Å²) >= 11 is 0. The van der Waals surface area contributed by atoms with E-state index in [1.807, 2.05) is 42.5 Å². The molecule has 6 atom stereocenters. The van der Waals surface area contributed by atoms with Gasteiger partial charge in [-0.2, -0.15) is 22.0 Å². The summed E-state index contributed by atoms with van der Waals surface area (Å²) in [6.07, 6.45) is -4.69.